The molecule has 4 nitrogen and oxygen atoms in total. The molecule has 0 amide bonds. The van der Waals surface area contributed by atoms with Crippen LogP contribution in [0.5, 0.6) is 5.75 Å². The lowest BCUT2D eigenvalue weighted by Crippen LogP contribution is -1.95. The van der Waals surface area contributed by atoms with Crippen LogP contribution in [0.25, 0.3) is 21.9 Å². The smallest absolute Gasteiger partial charge is 0.337 e. The molecule has 2 N–H and O–H groups in total. The van der Waals surface area contributed by atoms with Crippen LogP contribution < -0.4 is 4.74 Å². The number of hydrogen-bond donors (Lipinski definition) is 2. The molecule has 0 aliphatic carbocycles. The van der Waals surface area contributed by atoms with E-state index in [4.69, 9.17) is 9.84 Å². The summed E-state index contributed by atoms with van der Waals surface area (Å²) in [4.78, 5) is 14.0. The number of methoxy groups -OCH3 is 1. The molecule has 0 unspecified atom stereocenters. The fourth-order valence-electron chi connectivity index (χ4n) is 2.30. The zero-order valence-electron chi connectivity index (χ0n) is 10.9. The van der Waals surface area contributed by atoms with Crippen LogP contribution in [0.15, 0.2) is 48.8 Å². The number of aromatic amines is 1. The first-order chi connectivity index (χ1) is 9.69. The summed E-state index contributed by atoms with van der Waals surface area (Å²) in [5, 5.41) is 11.3. The van der Waals surface area contributed by atoms with Gasteiger partial charge in [0.2, 0.25) is 0 Å². The molecular formula is C16H13NO3. The highest BCUT2D eigenvalue weighted by molar-refractivity contribution is 5.97. The number of benzene rings is 2. The summed E-state index contributed by atoms with van der Waals surface area (Å²) >= 11 is 0. The lowest BCUT2D eigenvalue weighted by atomic mass is 10.0. The largest absolute Gasteiger partial charge is 0.497 e. The molecule has 0 spiro atoms. The molecule has 0 aliphatic heterocycles. The lowest BCUT2D eigenvalue weighted by molar-refractivity contribution is 0.0698. The van der Waals surface area contributed by atoms with Gasteiger partial charge in [-0.3, -0.25) is 0 Å². The van der Waals surface area contributed by atoms with Crippen molar-refractivity contribution in [2.45, 2.75) is 0 Å². The predicted octanol–water partition coefficient (Wildman–Crippen LogP) is 3.54. The molecule has 0 radical (unpaired) electrons. The van der Waals surface area contributed by atoms with Gasteiger partial charge in [0.1, 0.15) is 5.75 Å². The van der Waals surface area contributed by atoms with E-state index in [1.807, 2.05) is 36.4 Å². The van der Waals surface area contributed by atoms with E-state index in [0.717, 1.165) is 22.1 Å². The summed E-state index contributed by atoms with van der Waals surface area (Å²) < 4.78 is 5.19. The third kappa shape index (κ3) is 2.01. The van der Waals surface area contributed by atoms with E-state index in [9.17, 15) is 4.79 Å². The zero-order valence-corrected chi connectivity index (χ0v) is 10.9. The van der Waals surface area contributed by atoms with Crippen LogP contribution in [0, 0.1) is 0 Å². The van der Waals surface area contributed by atoms with E-state index >= 15 is 0 Å². The average Bonchev–Trinajstić information content (AvgIpc) is 2.95. The van der Waals surface area contributed by atoms with Crippen molar-refractivity contribution in [2.75, 3.05) is 7.11 Å². The highest BCUT2D eigenvalue weighted by atomic mass is 16.5. The van der Waals surface area contributed by atoms with Crippen molar-refractivity contribution < 1.29 is 14.6 Å². The molecule has 1 heterocycles. The maximum Gasteiger partial charge on any atom is 0.337 e. The second-order valence-corrected chi connectivity index (χ2v) is 4.52. The first-order valence-electron chi connectivity index (χ1n) is 6.17. The second-order valence-electron chi connectivity index (χ2n) is 4.52. The number of nitrogens with one attached hydrogen (secondary N) is 1. The number of carbonyl (C=O) groups is 1. The Morgan fingerprint density at radius 3 is 2.60 bits per heavy atom. The Morgan fingerprint density at radius 1 is 1.10 bits per heavy atom. The standard InChI is InChI=1S/C16H13NO3/c1-20-13-5-4-10-6-12(3-2-11(10)7-13)14-8-17-9-15(14)16(18)19/h2-9,17H,1H3,(H,18,19). The molecule has 1 aromatic heterocycles. The van der Waals surface area contributed by atoms with Crippen LogP contribution in [0.4, 0.5) is 0 Å². The van der Waals surface area contributed by atoms with Crippen LogP contribution in [-0.2, 0) is 0 Å². The topological polar surface area (TPSA) is 62.3 Å². The van der Waals surface area contributed by atoms with Crippen molar-refractivity contribution in [1.29, 1.82) is 0 Å². The highest BCUT2D eigenvalue weighted by Gasteiger charge is 2.12. The Kier molecular flexibility index (Phi) is 2.91. The third-order valence-electron chi connectivity index (χ3n) is 3.33. The van der Waals surface area contributed by atoms with Gasteiger partial charge in [-0.15, -0.1) is 0 Å². The molecule has 0 atom stereocenters. The number of aromatic carboxylic acids is 1. The first-order valence-corrected chi connectivity index (χ1v) is 6.17. The number of rotatable bonds is 3. The average molecular weight is 267 g/mol. The number of hydrogen-bond acceptors (Lipinski definition) is 2. The maximum absolute atomic E-state index is 11.2. The molecule has 2 aromatic carbocycles. The van der Waals surface area contributed by atoms with Gasteiger partial charge in [-0.1, -0.05) is 18.2 Å². The summed E-state index contributed by atoms with van der Waals surface area (Å²) in [7, 11) is 1.63. The molecule has 0 fully saturated rings. The third-order valence-corrected chi connectivity index (χ3v) is 3.33. The Labute approximate surface area is 115 Å². The van der Waals surface area contributed by atoms with E-state index in [1.165, 1.54) is 6.20 Å². The molecule has 3 rings (SSSR count). The van der Waals surface area contributed by atoms with E-state index in [-0.39, 0.29) is 5.56 Å². The Balaban J connectivity index is 2.13. The normalized spacial score (nSPS) is 10.7. The minimum Gasteiger partial charge on any atom is -0.497 e. The lowest BCUT2D eigenvalue weighted by Gasteiger charge is -2.05. The fraction of sp³-hybridized carbons (Fsp3) is 0.0625. The molecule has 0 aliphatic rings. The highest BCUT2D eigenvalue weighted by Crippen LogP contribution is 2.29. The van der Waals surface area contributed by atoms with E-state index in [2.05, 4.69) is 4.98 Å². The first kappa shape index (κ1) is 12.3. The Morgan fingerprint density at radius 2 is 1.85 bits per heavy atom. The zero-order chi connectivity index (χ0) is 14.1. The van der Waals surface area contributed by atoms with Gasteiger partial charge >= 0.3 is 5.97 Å². The Bertz CT molecular complexity index is 789. The van der Waals surface area contributed by atoms with Gasteiger partial charge in [0, 0.05) is 18.0 Å². The van der Waals surface area contributed by atoms with Crippen molar-refractivity contribution >= 4 is 16.7 Å². The van der Waals surface area contributed by atoms with E-state index in [1.54, 1.807) is 13.3 Å². The summed E-state index contributed by atoms with van der Waals surface area (Å²) in [6, 6.07) is 11.7. The Hall–Kier alpha value is -2.75. The second kappa shape index (κ2) is 4.74. The van der Waals surface area contributed by atoms with Gasteiger partial charge in [-0.2, -0.15) is 0 Å². The molecule has 0 saturated carbocycles. The van der Waals surface area contributed by atoms with Crippen molar-refractivity contribution in [1.82, 2.24) is 4.98 Å². The maximum atomic E-state index is 11.2. The van der Waals surface area contributed by atoms with E-state index < -0.39 is 5.97 Å². The molecule has 0 saturated heterocycles. The van der Waals surface area contributed by atoms with Crippen LogP contribution >= 0.6 is 0 Å². The van der Waals surface area contributed by atoms with Gasteiger partial charge in [0.25, 0.3) is 0 Å². The number of ether oxygens (including phenoxy) is 1. The van der Waals surface area contributed by atoms with Crippen molar-refractivity contribution in [3.8, 4) is 16.9 Å². The number of H-pyrrole nitrogens is 1. The van der Waals surface area contributed by atoms with Crippen LogP contribution in [-0.4, -0.2) is 23.2 Å². The number of carboxylic acid groups (broad SMARTS) is 1. The molecule has 20 heavy (non-hydrogen) atoms. The van der Waals surface area contributed by atoms with E-state index in [0.29, 0.717) is 5.56 Å². The van der Waals surface area contributed by atoms with Gasteiger partial charge < -0.3 is 14.8 Å². The van der Waals surface area contributed by atoms with Gasteiger partial charge in [-0.25, -0.2) is 4.79 Å². The summed E-state index contributed by atoms with van der Waals surface area (Å²) in [5.41, 5.74) is 1.84. The SMILES string of the molecule is COc1ccc2cc(-c3c[nH]cc3C(=O)O)ccc2c1. The predicted molar refractivity (Wildman–Crippen MR) is 77.2 cm³/mol. The van der Waals surface area contributed by atoms with Gasteiger partial charge in [0.05, 0.1) is 12.7 Å². The quantitative estimate of drug-likeness (QED) is 0.763. The molecule has 4 heteroatoms. The van der Waals surface area contributed by atoms with Gasteiger partial charge in [0.15, 0.2) is 0 Å². The number of carboxylic acids is 1. The van der Waals surface area contributed by atoms with Crippen LogP contribution in [0.2, 0.25) is 0 Å². The van der Waals surface area contributed by atoms with Crippen LogP contribution in [0.3, 0.4) is 0 Å². The summed E-state index contributed by atoms with van der Waals surface area (Å²) in [5.74, 6) is -0.130. The summed E-state index contributed by atoms with van der Waals surface area (Å²) in [6.45, 7) is 0. The minimum atomic E-state index is -0.934. The molecular weight excluding hydrogens is 254 g/mol. The fourth-order valence-corrected chi connectivity index (χ4v) is 2.30. The van der Waals surface area contributed by atoms with Gasteiger partial charge in [-0.05, 0) is 34.5 Å². The monoisotopic (exact) mass is 267 g/mol. The minimum absolute atomic E-state index is 0.276. The number of aromatic nitrogens is 1. The molecule has 0 bridgehead atoms. The molecule has 3 aromatic rings. The van der Waals surface area contributed by atoms with Crippen molar-refractivity contribution in [3.05, 3.63) is 54.4 Å². The summed E-state index contributed by atoms with van der Waals surface area (Å²) in [6.07, 6.45) is 3.20. The number of fused-ring (bicyclic) bond motifs is 1. The van der Waals surface area contributed by atoms with Crippen molar-refractivity contribution in [2.24, 2.45) is 0 Å². The van der Waals surface area contributed by atoms with Crippen LogP contribution in [0.1, 0.15) is 10.4 Å². The molecule has 100 valence electrons. The van der Waals surface area contributed by atoms with Crippen molar-refractivity contribution in [3.63, 3.8) is 0 Å².